The topological polar surface area (TPSA) is 52.6 Å². The molecule has 0 saturated heterocycles. The molecule has 0 saturated carbocycles. The average Bonchev–Trinajstić information content (AvgIpc) is 2.22. The fourth-order valence-corrected chi connectivity index (χ4v) is 0.951. The van der Waals surface area contributed by atoms with Crippen LogP contribution in [0.1, 0.15) is 46.5 Å². The molecule has 0 aromatic rings. The zero-order chi connectivity index (χ0) is 11.7. The first-order valence-corrected chi connectivity index (χ1v) is 5.45. The Hall–Kier alpha value is -1.06. The summed E-state index contributed by atoms with van der Waals surface area (Å²) < 4.78 is 9.87. The Kier molecular flexibility index (Phi) is 7.68. The second-order valence-electron chi connectivity index (χ2n) is 3.44. The van der Waals surface area contributed by atoms with Gasteiger partial charge in [0.1, 0.15) is 12.7 Å². The number of unbranched alkanes of at least 4 members (excludes halogenated alkanes) is 1. The maximum absolute atomic E-state index is 11.2. The molecule has 0 bridgehead atoms. The second kappa shape index (κ2) is 8.26. The van der Waals surface area contributed by atoms with Gasteiger partial charge in [0, 0.05) is 12.8 Å². The van der Waals surface area contributed by atoms with E-state index in [0.29, 0.717) is 12.8 Å². The summed E-state index contributed by atoms with van der Waals surface area (Å²) in [5.41, 5.74) is 0. The van der Waals surface area contributed by atoms with Crippen LogP contribution < -0.4 is 0 Å². The summed E-state index contributed by atoms with van der Waals surface area (Å²) in [6.07, 6.45) is 2.22. The minimum atomic E-state index is -0.357. The van der Waals surface area contributed by atoms with E-state index in [1.54, 1.807) is 13.8 Å². The minimum absolute atomic E-state index is 0.143. The molecule has 1 atom stereocenters. The third-order valence-corrected chi connectivity index (χ3v) is 1.83. The van der Waals surface area contributed by atoms with Gasteiger partial charge in [-0.1, -0.05) is 20.3 Å². The SMILES string of the molecule is CCCCC(=O)OC(C)COC(=O)CC. The Morgan fingerprint density at radius 1 is 1.20 bits per heavy atom. The predicted molar refractivity (Wildman–Crippen MR) is 56.3 cm³/mol. The van der Waals surface area contributed by atoms with Gasteiger partial charge in [0.15, 0.2) is 0 Å². The highest BCUT2D eigenvalue weighted by Crippen LogP contribution is 2.01. The molecule has 0 amide bonds. The number of ether oxygens (including phenoxy) is 2. The zero-order valence-corrected chi connectivity index (χ0v) is 9.75. The smallest absolute Gasteiger partial charge is 0.306 e. The van der Waals surface area contributed by atoms with Crippen molar-refractivity contribution in [3.8, 4) is 0 Å². The van der Waals surface area contributed by atoms with Crippen LogP contribution in [0.4, 0.5) is 0 Å². The van der Waals surface area contributed by atoms with Gasteiger partial charge in [-0.2, -0.15) is 0 Å². The highest BCUT2D eigenvalue weighted by molar-refractivity contribution is 5.70. The molecule has 88 valence electrons. The highest BCUT2D eigenvalue weighted by atomic mass is 16.6. The fourth-order valence-electron chi connectivity index (χ4n) is 0.951. The Labute approximate surface area is 90.9 Å². The highest BCUT2D eigenvalue weighted by Gasteiger charge is 2.10. The molecule has 1 unspecified atom stereocenters. The lowest BCUT2D eigenvalue weighted by molar-refractivity contribution is -0.157. The van der Waals surface area contributed by atoms with Crippen LogP contribution in [-0.2, 0) is 19.1 Å². The first kappa shape index (κ1) is 13.9. The van der Waals surface area contributed by atoms with Gasteiger partial charge >= 0.3 is 11.9 Å². The largest absolute Gasteiger partial charge is 0.462 e. The van der Waals surface area contributed by atoms with Crippen LogP contribution in [0, 0.1) is 0 Å². The summed E-state index contributed by atoms with van der Waals surface area (Å²) in [7, 11) is 0. The van der Waals surface area contributed by atoms with Gasteiger partial charge in [-0.15, -0.1) is 0 Å². The summed E-state index contributed by atoms with van der Waals surface area (Å²) >= 11 is 0. The van der Waals surface area contributed by atoms with Gasteiger partial charge in [0.05, 0.1) is 0 Å². The predicted octanol–water partition coefficient (Wildman–Crippen LogP) is 2.06. The molecule has 0 aromatic heterocycles. The second-order valence-corrected chi connectivity index (χ2v) is 3.44. The van der Waals surface area contributed by atoms with Crippen molar-refractivity contribution in [2.45, 2.75) is 52.6 Å². The number of carbonyl (C=O) groups is 2. The molecule has 0 fully saturated rings. The molecular weight excluding hydrogens is 196 g/mol. The standard InChI is InChI=1S/C11H20O4/c1-4-6-7-11(13)15-9(3)8-14-10(12)5-2/h9H,4-8H2,1-3H3. The van der Waals surface area contributed by atoms with E-state index in [9.17, 15) is 9.59 Å². The normalized spacial score (nSPS) is 11.9. The summed E-state index contributed by atoms with van der Waals surface area (Å²) in [6.45, 7) is 5.59. The van der Waals surface area contributed by atoms with E-state index < -0.39 is 0 Å². The van der Waals surface area contributed by atoms with Crippen LogP contribution >= 0.6 is 0 Å². The summed E-state index contributed by atoms with van der Waals surface area (Å²) in [6, 6.07) is 0. The molecule has 0 aliphatic rings. The van der Waals surface area contributed by atoms with Crippen molar-refractivity contribution in [2.75, 3.05) is 6.61 Å². The molecule has 0 heterocycles. The van der Waals surface area contributed by atoms with Gasteiger partial charge in [0.2, 0.25) is 0 Å². The van der Waals surface area contributed by atoms with Crippen LogP contribution in [-0.4, -0.2) is 24.6 Å². The Morgan fingerprint density at radius 2 is 1.87 bits per heavy atom. The van der Waals surface area contributed by atoms with E-state index >= 15 is 0 Å². The van der Waals surface area contributed by atoms with E-state index in [4.69, 9.17) is 9.47 Å². The summed E-state index contributed by atoms with van der Waals surface area (Å²) in [5, 5.41) is 0. The van der Waals surface area contributed by atoms with E-state index in [1.165, 1.54) is 0 Å². The first-order chi connectivity index (χ1) is 7.10. The molecular formula is C11H20O4. The number of hydrogen-bond acceptors (Lipinski definition) is 4. The van der Waals surface area contributed by atoms with Gasteiger partial charge in [0.25, 0.3) is 0 Å². The van der Waals surface area contributed by atoms with Crippen LogP contribution in [0.5, 0.6) is 0 Å². The lowest BCUT2D eigenvalue weighted by atomic mass is 10.2. The third-order valence-electron chi connectivity index (χ3n) is 1.83. The molecule has 0 spiro atoms. The molecule has 0 aromatic carbocycles. The summed E-state index contributed by atoms with van der Waals surface area (Å²) in [4.78, 5) is 22.0. The van der Waals surface area contributed by atoms with Crippen LogP contribution in [0.15, 0.2) is 0 Å². The third kappa shape index (κ3) is 7.97. The fraction of sp³-hybridized carbons (Fsp3) is 0.818. The summed E-state index contributed by atoms with van der Waals surface area (Å²) in [5.74, 6) is -0.497. The van der Waals surface area contributed by atoms with Crippen LogP contribution in [0.25, 0.3) is 0 Å². The van der Waals surface area contributed by atoms with E-state index in [0.717, 1.165) is 12.8 Å². The van der Waals surface area contributed by atoms with Gasteiger partial charge in [-0.3, -0.25) is 9.59 Å². The molecule has 4 nitrogen and oxygen atoms in total. The van der Waals surface area contributed by atoms with Gasteiger partial charge in [-0.25, -0.2) is 0 Å². The van der Waals surface area contributed by atoms with Crippen molar-refractivity contribution in [3.63, 3.8) is 0 Å². The minimum Gasteiger partial charge on any atom is -0.462 e. The monoisotopic (exact) mass is 216 g/mol. The van der Waals surface area contributed by atoms with E-state index in [-0.39, 0.29) is 24.6 Å². The van der Waals surface area contributed by atoms with Crippen LogP contribution in [0.2, 0.25) is 0 Å². The van der Waals surface area contributed by atoms with E-state index in [2.05, 4.69) is 0 Å². The van der Waals surface area contributed by atoms with Crippen LogP contribution in [0.3, 0.4) is 0 Å². The van der Waals surface area contributed by atoms with E-state index in [1.807, 2.05) is 6.92 Å². The van der Waals surface area contributed by atoms with Crippen molar-refractivity contribution in [2.24, 2.45) is 0 Å². The van der Waals surface area contributed by atoms with Crippen molar-refractivity contribution < 1.29 is 19.1 Å². The maximum atomic E-state index is 11.2. The van der Waals surface area contributed by atoms with Crippen molar-refractivity contribution in [3.05, 3.63) is 0 Å². The quantitative estimate of drug-likeness (QED) is 0.611. The maximum Gasteiger partial charge on any atom is 0.306 e. The van der Waals surface area contributed by atoms with Crippen molar-refractivity contribution in [1.29, 1.82) is 0 Å². The Morgan fingerprint density at radius 3 is 2.40 bits per heavy atom. The lowest BCUT2D eigenvalue weighted by Crippen LogP contribution is -2.22. The number of hydrogen-bond donors (Lipinski definition) is 0. The first-order valence-electron chi connectivity index (χ1n) is 5.45. The molecule has 0 N–H and O–H groups in total. The van der Waals surface area contributed by atoms with Gasteiger partial charge < -0.3 is 9.47 Å². The molecule has 0 radical (unpaired) electrons. The molecule has 0 aliphatic carbocycles. The Balaban J connectivity index is 3.59. The number of carbonyl (C=O) groups excluding carboxylic acids is 2. The Bertz CT molecular complexity index is 201. The van der Waals surface area contributed by atoms with Crippen molar-refractivity contribution in [1.82, 2.24) is 0 Å². The number of esters is 2. The van der Waals surface area contributed by atoms with Gasteiger partial charge in [-0.05, 0) is 13.3 Å². The van der Waals surface area contributed by atoms with Crippen molar-refractivity contribution >= 4 is 11.9 Å². The number of rotatable bonds is 7. The molecule has 0 rings (SSSR count). The zero-order valence-electron chi connectivity index (χ0n) is 9.75. The molecule has 0 aliphatic heterocycles. The molecule has 4 heteroatoms. The molecule has 15 heavy (non-hydrogen) atoms. The average molecular weight is 216 g/mol. The lowest BCUT2D eigenvalue weighted by Gasteiger charge is -2.13.